The van der Waals surface area contributed by atoms with E-state index in [9.17, 15) is 0 Å². The molecule has 2 aliphatic rings. The predicted octanol–water partition coefficient (Wildman–Crippen LogP) is 3.71. The van der Waals surface area contributed by atoms with Crippen LogP contribution in [-0.4, -0.2) is 23.5 Å². The smallest absolute Gasteiger partial charge is 0.0482 e. The van der Waals surface area contributed by atoms with Crippen LogP contribution in [0.2, 0.25) is 0 Å². The van der Waals surface area contributed by atoms with E-state index in [4.69, 9.17) is 5.73 Å². The standard InChI is InChI=1S/C18H28N2/c1-14-11-15(2)13-16(12-14)17(19)18(7-3-4-8-18)20-9-5-6-10-20/h11-13,17H,3-10,19H2,1-2H3. The summed E-state index contributed by atoms with van der Waals surface area (Å²) in [6.07, 6.45) is 7.94. The Balaban J connectivity index is 1.94. The van der Waals surface area contributed by atoms with Crippen molar-refractivity contribution in [1.82, 2.24) is 4.90 Å². The van der Waals surface area contributed by atoms with E-state index in [0.29, 0.717) is 0 Å². The lowest BCUT2D eigenvalue weighted by atomic mass is 9.82. The van der Waals surface area contributed by atoms with Gasteiger partial charge in [0, 0.05) is 11.6 Å². The highest BCUT2D eigenvalue weighted by molar-refractivity contribution is 5.33. The van der Waals surface area contributed by atoms with Crippen molar-refractivity contribution >= 4 is 0 Å². The number of hydrogen-bond acceptors (Lipinski definition) is 2. The molecule has 110 valence electrons. The molecule has 2 fully saturated rings. The first kappa shape index (κ1) is 14.1. The second-order valence-corrected chi connectivity index (χ2v) is 6.90. The Hall–Kier alpha value is -0.860. The lowest BCUT2D eigenvalue weighted by Crippen LogP contribution is -2.52. The van der Waals surface area contributed by atoms with Crippen LogP contribution in [0.25, 0.3) is 0 Å². The zero-order chi connectivity index (χ0) is 14.2. The summed E-state index contributed by atoms with van der Waals surface area (Å²) < 4.78 is 0. The zero-order valence-corrected chi connectivity index (χ0v) is 13.0. The molecule has 1 aliphatic carbocycles. The minimum atomic E-state index is 0.168. The molecular formula is C18H28N2. The fourth-order valence-electron chi connectivity index (χ4n) is 4.47. The maximum atomic E-state index is 6.81. The van der Waals surface area contributed by atoms with Gasteiger partial charge in [-0.3, -0.25) is 4.90 Å². The van der Waals surface area contributed by atoms with E-state index in [1.54, 1.807) is 0 Å². The van der Waals surface area contributed by atoms with Gasteiger partial charge in [0.2, 0.25) is 0 Å². The number of nitrogens with two attached hydrogens (primary N) is 1. The van der Waals surface area contributed by atoms with Gasteiger partial charge in [0.1, 0.15) is 0 Å². The van der Waals surface area contributed by atoms with Crippen molar-refractivity contribution in [3.63, 3.8) is 0 Å². The SMILES string of the molecule is Cc1cc(C)cc(C(N)C2(N3CCCC3)CCCC2)c1. The van der Waals surface area contributed by atoms with E-state index in [0.717, 1.165) is 0 Å². The summed E-state index contributed by atoms with van der Waals surface area (Å²) in [5, 5.41) is 0. The van der Waals surface area contributed by atoms with Crippen LogP contribution < -0.4 is 5.73 Å². The van der Waals surface area contributed by atoms with E-state index in [1.165, 1.54) is 68.3 Å². The van der Waals surface area contributed by atoms with Crippen LogP contribution >= 0.6 is 0 Å². The Labute approximate surface area is 123 Å². The summed E-state index contributed by atoms with van der Waals surface area (Å²) in [5.41, 5.74) is 11.1. The fraction of sp³-hybridized carbons (Fsp3) is 0.667. The zero-order valence-electron chi connectivity index (χ0n) is 13.0. The molecule has 0 spiro atoms. The van der Waals surface area contributed by atoms with E-state index in [1.807, 2.05) is 0 Å². The second kappa shape index (κ2) is 5.50. The van der Waals surface area contributed by atoms with Crippen LogP contribution in [0.5, 0.6) is 0 Å². The Morgan fingerprint density at radius 3 is 2.05 bits per heavy atom. The molecule has 1 unspecified atom stereocenters. The van der Waals surface area contributed by atoms with Gasteiger partial charge in [0.15, 0.2) is 0 Å². The van der Waals surface area contributed by atoms with Gasteiger partial charge in [0.25, 0.3) is 0 Å². The Morgan fingerprint density at radius 2 is 1.50 bits per heavy atom. The topological polar surface area (TPSA) is 29.3 Å². The van der Waals surface area contributed by atoms with E-state index < -0.39 is 0 Å². The predicted molar refractivity (Wildman–Crippen MR) is 84.9 cm³/mol. The fourth-order valence-corrected chi connectivity index (χ4v) is 4.47. The number of aryl methyl sites for hydroxylation is 2. The van der Waals surface area contributed by atoms with Gasteiger partial charge >= 0.3 is 0 Å². The maximum absolute atomic E-state index is 6.81. The molecule has 0 bridgehead atoms. The molecule has 1 saturated heterocycles. The Kier molecular flexibility index (Phi) is 3.87. The van der Waals surface area contributed by atoms with Gasteiger partial charge in [0.05, 0.1) is 0 Å². The summed E-state index contributed by atoms with van der Waals surface area (Å²) in [7, 11) is 0. The molecule has 0 radical (unpaired) electrons. The average molecular weight is 272 g/mol. The van der Waals surface area contributed by atoms with Gasteiger partial charge < -0.3 is 5.73 Å². The van der Waals surface area contributed by atoms with Crippen molar-refractivity contribution in [2.24, 2.45) is 5.73 Å². The average Bonchev–Trinajstić information content (AvgIpc) is 3.08. The Morgan fingerprint density at radius 1 is 0.950 bits per heavy atom. The van der Waals surface area contributed by atoms with Gasteiger partial charge in [-0.2, -0.15) is 0 Å². The van der Waals surface area contributed by atoms with Crippen LogP contribution in [-0.2, 0) is 0 Å². The highest BCUT2D eigenvalue weighted by Crippen LogP contribution is 2.45. The van der Waals surface area contributed by atoms with Crippen molar-refractivity contribution in [3.8, 4) is 0 Å². The summed E-state index contributed by atoms with van der Waals surface area (Å²) in [4.78, 5) is 2.71. The Bertz CT molecular complexity index is 448. The number of hydrogen-bond donors (Lipinski definition) is 1. The van der Waals surface area contributed by atoms with Gasteiger partial charge in [-0.25, -0.2) is 0 Å². The lowest BCUT2D eigenvalue weighted by molar-refractivity contribution is 0.0921. The molecule has 1 aromatic carbocycles. The van der Waals surface area contributed by atoms with E-state index in [-0.39, 0.29) is 11.6 Å². The molecule has 2 heteroatoms. The van der Waals surface area contributed by atoms with Crippen molar-refractivity contribution in [3.05, 3.63) is 34.9 Å². The summed E-state index contributed by atoms with van der Waals surface area (Å²) >= 11 is 0. The van der Waals surface area contributed by atoms with E-state index >= 15 is 0 Å². The maximum Gasteiger partial charge on any atom is 0.0482 e. The molecule has 3 rings (SSSR count). The van der Waals surface area contributed by atoms with Gasteiger partial charge in [-0.1, -0.05) is 42.2 Å². The molecule has 0 aromatic heterocycles. The monoisotopic (exact) mass is 272 g/mol. The molecule has 2 nitrogen and oxygen atoms in total. The van der Waals surface area contributed by atoms with Crippen molar-refractivity contribution in [1.29, 1.82) is 0 Å². The summed E-state index contributed by atoms with van der Waals surface area (Å²) in [5.74, 6) is 0. The molecule has 0 amide bonds. The largest absolute Gasteiger partial charge is 0.322 e. The number of benzene rings is 1. The molecule has 1 saturated carbocycles. The molecule has 1 atom stereocenters. The number of likely N-dealkylation sites (tertiary alicyclic amines) is 1. The van der Waals surface area contributed by atoms with Crippen LogP contribution in [0.15, 0.2) is 18.2 Å². The van der Waals surface area contributed by atoms with Crippen molar-refractivity contribution in [2.45, 2.75) is 64.0 Å². The number of nitrogens with zero attached hydrogens (tertiary/aromatic N) is 1. The second-order valence-electron chi connectivity index (χ2n) is 6.90. The van der Waals surface area contributed by atoms with E-state index in [2.05, 4.69) is 36.9 Å². The van der Waals surface area contributed by atoms with Gasteiger partial charge in [-0.15, -0.1) is 0 Å². The van der Waals surface area contributed by atoms with Crippen molar-refractivity contribution < 1.29 is 0 Å². The molecule has 1 heterocycles. The summed E-state index contributed by atoms with van der Waals surface area (Å²) in [6, 6.07) is 7.01. The molecule has 20 heavy (non-hydrogen) atoms. The minimum Gasteiger partial charge on any atom is -0.322 e. The molecule has 2 N–H and O–H groups in total. The quantitative estimate of drug-likeness (QED) is 0.909. The third-order valence-corrected chi connectivity index (χ3v) is 5.39. The summed E-state index contributed by atoms with van der Waals surface area (Å²) in [6.45, 7) is 6.86. The normalized spacial score (nSPS) is 24.1. The first-order valence-electron chi connectivity index (χ1n) is 8.21. The first-order chi connectivity index (χ1) is 9.62. The molecular weight excluding hydrogens is 244 g/mol. The molecule has 1 aliphatic heterocycles. The van der Waals surface area contributed by atoms with Crippen LogP contribution in [0, 0.1) is 13.8 Å². The van der Waals surface area contributed by atoms with Crippen molar-refractivity contribution in [2.75, 3.05) is 13.1 Å². The van der Waals surface area contributed by atoms with Crippen LogP contribution in [0.3, 0.4) is 0 Å². The van der Waals surface area contributed by atoms with Crippen LogP contribution in [0.1, 0.15) is 61.3 Å². The number of rotatable bonds is 3. The lowest BCUT2D eigenvalue weighted by Gasteiger charge is -2.44. The third kappa shape index (κ3) is 2.40. The van der Waals surface area contributed by atoms with Gasteiger partial charge in [-0.05, 0) is 58.2 Å². The minimum absolute atomic E-state index is 0.168. The first-order valence-corrected chi connectivity index (χ1v) is 8.21. The highest BCUT2D eigenvalue weighted by Gasteiger charge is 2.45. The third-order valence-electron chi connectivity index (χ3n) is 5.39. The molecule has 1 aromatic rings. The highest BCUT2D eigenvalue weighted by atomic mass is 15.2. The van der Waals surface area contributed by atoms with Crippen LogP contribution in [0.4, 0.5) is 0 Å².